The number of aliphatic hydroxyl groups is 1. The highest BCUT2D eigenvalue weighted by Crippen LogP contribution is 2.63. The van der Waals surface area contributed by atoms with Crippen LogP contribution in [0.2, 0.25) is 0 Å². The maximum Gasteiger partial charge on any atom is 0.222 e. The molecule has 7 atom stereocenters. The van der Waals surface area contributed by atoms with Gasteiger partial charge >= 0.3 is 0 Å². The highest BCUT2D eigenvalue weighted by molar-refractivity contribution is 5.76. The van der Waals surface area contributed by atoms with Crippen molar-refractivity contribution in [3.05, 3.63) is 65.2 Å². The Labute approximate surface area is 303 Å². The first-order valence-corrected chi connectivity index (χ1v) is 20.8. The third-order valence-electron chi connectivity index (χ3n) is 13.1. The van der Waals surface area contributed by atoms with Crippen molar-refractivity contribution in [1.29, 1.82) is 0 Å². The molecule has 0 aromatic heterocycles. The van der Waals surface area contributed by atoms with Crippen LogP contribution in [0.5, 0.6) is 5.75 Å². The zero-order valence-corrected chi connectivity index (χ0v) is 31.5. The van der Waals surface area contributed by atoms with E-state index in [2.05, 4.69) is 49.1 Å². The molecule has 6 unspecified atom stereocenters. The Morgan fingerprint density at radius 3 is 2.30 bits per heavy atom. The molecule has 2 saturated carbocycles. The average molecular weight is 690 g/mol. The van der Waals surface area contributed by atoms with E-state index in [0.717, 1.165) is 101 Å². The van der Waals surface area contributed by atoms with Gasteiger partial charge in [0.1, 0.15) is 11.9 Å². The summed E-state index contributed by atoms with van der Waals surface area (Å²) in [6.07, 6.45) is 21.2. The van der Waals surface area contributed by atoms with Crippen LogP contribution >= 0.6 is 0 Å². The summed E-state index contributed by atoms with van der Waals surface area (Å²) < 4.78 is 16.1. The number of aliphatic hydroxyl groups excluding tert-OH is 1. The van der Waals surface area contributed by atoms with E-state index in [1.54, 1.807) is 6.07 Å². The van der Waals surface area contributed by atoms with Crippen LogP contribution in [0.4, 0.5) is 4.39 Å². The summed E-state index contributed by atoms with van der Waals surface area (Å²) in [6.45, 7) is 6.08. The van der Waals surface area contributed by atoms with Crippen molar-refractivity contribution in [3.63, 3.8) is 0 Å². The Morgan fingerprint density at radius 1 is 0.860 bits per heavy atom. The van der Waals surface area contributed by atoms with Crippen molar-refractivity contribution in [2.75, 3.05) is 13.1 Å². The molecule has 278 valence electrons. The number of aryl methyl sites for hydroxylation is 1. The first kappa shape index (κ1) is 38.8. The second-order valence-corrected chi connectivity index (χ2v) is 16.6. The third kappa shape index (κ3) is 10.1. The quantitative estimate of drug-likeness (QED) is 0.128. The fourth-order valence-electron chi connectivity index (χ4n) is 10.3. The number of carbonyl (C=O) groups excluding carboxylic acids is 1. The Balaban J connectivity index is 1.10. The van der Waals surface area contributed by atoms with E-state index in [0.29, 0.717) is 30.6 Å². The largest absolute Gasteiger partial charge is 0.508 e. The molecule has 2 N–H and O–H groups in total. The third-order valence-corrected chi connectivity index (χ3v) is 13.1. The molecule has 2 aromatic carbocycles. The molecule has 0 radical (unpaired) electrons. The molecule has 0 spiro atoms. The Morgan fingerprint density at radius 2 is 1.54 bits per heavy atom. The molecule has 3 aliphatic carbocycles. The number of aromatic hydroxyl groups is 1. The number of amides is 1. The minimum atomic E-state index is -0.957. The molecular formula is C45H68FNO3. The molecule has 0 saturated heterocycles. The number of benzene rings is 2. The number of phenols is 1. The van der Waals surface area contributed by atoms with Crippen LogP contribution in [-0.4, -0.2) is 46.4 Å². The van der Waals surface area contributed by atoms with Crippen LogP contribution in [-0.2, 0) is 17.6 Å². The number of phenolic OH excluding ortho intramolecular Hbond substituents is 1. The topological polar surface area (TPSA) is 60.8 Å². The van der Waals surface area contributed by atoms with E-state index in [4.69, 9.17) is 0 Å². The second kappa shape index (κ2) is 19.4. The highest BCUT2D eigenvalue weighted by atomic mass is 19.1. The first-order valence-electron chi connectivity index (χ1n) is 20.8. The molecular weight excluding hydrogens is 621 g/mol. The van der Waals surface area contributed by atoms with Crippen molar-refractivity contribution >= 4 is 5.91 Å². The minimum absolute atomic E-state index is 0.131. The van der Waals surface area contributed by atoms with Gasteiger partial charge in [-0.2, -0.15) is 0 Å². The van der Waals surface area contributed by atoms with Gasteiger partial charge in [0, 0.05) is 25.4 Å². The lowest BCUT2D eigenvalue weighted by molar-refractivity contribution is -0.131. The number of hydrogen-bond acceptors (Lipinski definition) is 3. The van der Waals surface area contributed by atoms with E-state index in [1.165, 1.54) is 50.5 Å². The number of halogens is 1. The van der Waals surface area contributed by atoms with Gasteiger partial charge in [-0.15, -0.1) is 0 Å². The minimum Gasteiger partial charge on any atom is -0.508 e. The van der Waals surface area contributed by atoms with Gasteiger partial charge in [-0.05, 0) is 110 Å². The average Bonchev–Trinajstić information content (AvgIpc) is 3.40. The summed E-state index contributed by atoms with van der Waals surface area (Å²) in [4.78, 5) is 15.6. The lowest BCUT2D eigenvalue weighted by Crippen LogP contribution is -2.51. The number of carbonyl (C=O) groups is 1. The maximum atomic E-state index is 16.1. The van der Waals surface area contributed by atoms with E-state index in [1.807, 2.05) is 12.1 Å². The fourth-order valence-corrected chi connectivity index (χ4v) is 10.3. The van der Waals surface area contributed by atoms with E-state index < -0.39 is 12.3 Å². The molecule has 1 amide bonds. The molecule has 2 aromatic rings. The highest BCUT2D eigenvalue weighted by Gasteiger charge is 2.59. The number of rotatable bonds is 21. The number of unbranched alkanes of at least 4 members (excludes halogenated alkanes) is 11. The number of hydrogen-bond donors (Lipinski definition) is 2. The standard InChI is InChI=1S/C45H68FNO3/c1-3-4-5-6-7-8-9-10-17-24-42(50)47(30-19-22-34-20-14-13-15-21-34)29-18-12-11-16-23-35-31-36-32-37(48)25-26-38(36)44-40(46)33-45(2)39(43(35)44)27-28-41(45)49/h13-15,20-21,25-26,32,35,39-41,43-44,48-49H,3-12,16-19,22-24,27-31,33H2,1-2H3/t35?,39?,40?,41?,43?,44?,45-/m0/s1. The van der Waals surface area contributed by atoms with Gasteiger partial charge in [0.25, 0.3) is 0 Å². The lowest BCUT2D eigenvalue weighted by atomic mass is 9.51. The zero-order valence-electron chi connectivity index (χ0n) is 31.5. The van der Waals surface area contributed by atoms with Crippen molar-refractivity contribution in [2.24, 2.45) is 23.2 Å². The van der Waals surface area contributed by atoms with Gasteiger partial charge in [0.15, 0.2) is 0 Å². The normalized spacial score (nSPS) is 27.0. The smallest absolute Gasteiger partial charge is 0.222 e. The molecule has 4 nitrogen and oxygen atoms in total. The Hall–Kier alpha value is -2.40. The number of nitrogens with zero attached hydrogens (tertiary/aromatic N) is 1. The van der Waals surface area contributed by atoms with Crippen LogP contribution < -0.4 is 0 Å². The SMILES string of the molecule is CCCCCCCCCCCC(=O)N(CCCCCCC1Cc2cc(O)ccc2C2C(F)C[C@]3(C)C(O)CCC3C12)CCCc1ccccc1. The Bertz CT molecular complexity index is 1300. The maximum absolute atomic E-state index is 16.1. The van der Waals surface area contributed by atoms with Crippen molar-refractivity contribution in [2.45, 2.75) is 167 Å². The predicted molar refractivity (Wildman–Crippen MR) is 204 cm³/mol. The van der Waals surface area contributed by atoms with Crippen molar-refractivity contribution in [3.8, 4) is 5.75 Å². The summed E-state index contributed by atoms with van der Waals surface area (Å²) in [5.41, 5.74) is 3.22. The summed E-state index contributed by atoms with van der Waals surface area (Å²) >= 11 is 0. The van der Waals surface area contributed by atoms with Gasteiger partial charge in [0.2, 0.25) is 5.91 Å². The van der Waals surface area contributed by atoms with Crippen LogP contribution in [0, 0.1) is 23.2 Å². The lowest BCUT2D eigenvalue weighted by Gasteiger charge is -2.54. The van der Waals surface area contributed by atoms with Crippen molar-refractivity contribution < 1.29 is 19.4 Å². The summed E-state index contributed by atoms with van der Waals surface area (Å²) in [5.74, 6) is 1.44. The van der Waals surface area contributed by atoms with Crippen LogP contribution in [0.1, 0.15) is 158 Å². The summed E-state index contributed by atoms with van der Waals surface area (Å²) in [6, 6.07) is 16.2. The van der Waals surface area contributed by atoms with Crippen LogP contribution in [0.3, 0.4) is 0 Å². The van der Waals surface area contributed by atoms with Crippen LogP contribution in [0.15, 0.2) is 48.5 Å². The van der Waals surface area contributed by atoms with Gasteiger partial charge in [-0.25, -0.2) is 4.39 Å². The van der Waals surface area contributed by atoms with Crippen molar-refractivity contribution in [1.82, 2.24) is 4.90 Å². The van der Waals surface area contributed by atoms with E-state index in [9.17, 15) is 15.0 Å². The summed E-state index contributed by atoms with van der Waals surface area (Å²) in [7, 11) is 0. The predicted octanol–water partition coefficient (Wildman–Crippen LogP) is 11.1. The van der Waals surface area contributed by atoms with E-state index in [-0.39, 0.29) is 23.0 Å². The molecule has 5 heteroatoms. The second-order valence-electron chi connectivity index (χ2n) is 16.6. The van der Waals surface area contributed by atoms with Gasteiger partial charge in [0.05, 0.1) is 6.10 Å². The Kier molecular flexibility index (Phi) is 15.1. The number of fused-ring (bicyclic) bond motifs is 5. The molecule has 0 heterocycles. The first-order chi connectivity index (χ1) is 24.3. The fraction of sp³-hybridized carbons (Fsp3) is 0.711. The van der Waals surface area contributed by atoms with Gasteiger partial charge in [-0.1, -0.05) is 121 Å². The van der Waals surface area contributed by atoms with Gasteiger partial charge in [-0.3, -0.25) is 4.79 Å². The summed E-state index contributed by atoms with van der Waals surface area (Å²) in [5, 5.41) is 21.3. The molecule has 0 aliphatic heterocycles. The van der Waals surface area contributed by atoms with Crippen LogP contribution in [0.25, 0.3) is 0 Å². The molecule has 5 rings (SSSR count). The molecule has 2 fully saturated rings. The molecule has 0 bridgehead atoms. The molecule has 50 heavy (non-hydrogen) atoms. The monoisotopic (exact) mass is 690 g/mol. The number of alkyl halides is 1. The zero-order chi connectivity index (χ0) is 35.3. The van der Waals surface area contributed by atoms with Gasteiger partial charge < -0.3 is 15.1 Å². The van der Waals surface area contributed by atoms with E-state index >= 15 is 4.39 Å². The molecule has 3 aliphatic rings.